The molecule has 1 nitrogen and oxygen atoms in total. The van der Waals surface area contributed by atoms with Gasteiger partial charge in [-0.25, -0.2) is 0 Å². The van der Waals surface area contributed by atoms with E-state index in [0.717, 1.165) is 0 Å². The Kier molecular flexibility index (Phi) is 15.2. The maximum atomic E-state index is 3.41. The summed E-state index contributed by atoms with van der Waals surface area (Å²) < 4.78 is 0. The molecule has 1 radical (unpaired) electrons. The zero-order valence-electron chi connectivity index (χ0n) is 7.65. The molecule has 0 aromatic heterocycles. The van der Waals surface area contributed by atoms with Gasteiger partial charge < -0.3 is 11.5 Å². The van der Waals surface area contributed by atoms with Gasteiger partial charge in [0.25, 0.3) is 0 Å². The fourth-order valence-corrected chi connectivity index (χ4v) is 0.265. The standard InChI is InChI=1S/C6H12N.C2H6.V/c1-5-7-6(2,3)4;1-2;/h7H,1H2,2-4H3;1-2H3;/q-1;;. The summed E-state index contributed by atoms with van der Waals surface area (Å²) in [6, 6.07) is 0. The molecule has 0 saturated heterocycles. The maximum Gasteiger partial charge on any atom is 0 e. The van der Waals surface area contributed by atoms with Crippen molar-refractivity contribution in [3.05, 3.63) is 12.8 Å². The quantitative estimate of drug-likeness (QED) is 0.481. The van der Waals surface area contributed by atoms with E-state index in [1.807, 2.05) is 13.8 Å². The average molecular weight is 179 g/mol. The van der Waals surface area contributed by atoms with Crippen molar-refractivity contribution in [3.63, 3.8) is 0 Å². The van der Waals surface area contributed by atoms with E-state index >= 15 is 0 Å². The Morgan fingerprint density at radius 3 is 1.50 bits per heavy atom. The van der Waals surface area contributed by atoms with Crippen molar-refractivity contribution < 1.29 is 18.6 Å². The smallest absolute Gasteiger partial charge is 0 e. The molecule has 0 unspecified atom stereocenters. The van der Waals surface area contributed by atoms with Gasteiger partial charge in [0.05, 0.1) is 0 Å². The predicted molar refractivity (Wildman–Crippen MR) is 43.1 cm³/mol. The van der Waals surface area contributed by atoms with E-state index in [-0.39, 0.29) is 24.1 Å². The number of hydrogen-bond acceptors (Lipinski definition) is 1. The topological polar surface area (TPSA) is 12.0 Å². The van der Waals surface area contributed by atoms with Gasteiger partial charge in [0.2, 0.25) is 0 Å². The van der Waals surface area contributed by atoms with Crippen LogP contribution in [0.4, 0.5) is 0 Å². The third-order valence-corrected chi connectivity index (χ3v) is 0.463. The van der Waals surface area contributed by atoms with E-state index in [4.69, 9.17) is 0 Å². The molecule has 0 fully saturated rings. The van der Waals surface area contributed by atoms with Crippen LogP contribution >= 0.6 is 0 Å². The molecule has 0 saturated carbocycles. The summed E-state index contributed by atoms with van der Waals surface area (Å²) >= 11 is 0. The van der Waals surface area contributed by atoms with Crippen LogP contribution < -0.4 is 5.32 Å². The largest absolute Gasteiger partial charge is 0.563 e. The minimum absolute atomic E-state index is 0. The first kappa shape index (κ1) is 16.6. The van der Waals surface area contributed by atoms with Gasteiger partial charge in [-0.15, -0.1) is 0 Å². The second-order valence-corrected chi connectivity index (χ2v) is 2.55. The van der Waals surface area contributed by atoms with Crippen LogP contribution in [0.1, 0.15) is 34.6 Å². The van der Waals surface area contributed by atoms with Gasteiger partial charge in [-0.05, 0) is 26.3 Å². The summed E-state index contributed by atoms with van der Waals surface area (Å²) in [7, 11) is 0. The van der Waals surface area contributed by atoms with Gasteiger partial charge in [0.1, 0.15) is 0 Å². The van der Waals surface area contributed by atoms with Crippen LogP contribution in [0.15, 0.2) is 6.58 Å². The van der Waals surface area contributed by atoms with Crippen LogP contribution in [-0.2, 0) is 18.6 Å². The molecular formula is C8H18NV-. The molecule has 0 spiro atoms. The van der Waals surface area contributed by atoms with Crippen molar-refractivity contribution in [1.29, 1.82) is 0 Å². The van der Waals surface area contributed by atoms with E-state index in [9.17, 15) is 0 Å². The number of hydrogen-bond donors (Lipinski definition) is 1. The summed E-state index contributed by atoms with van der Waals surface area (Å²) in [4.78, 5) is 0. The van der Waals surface area contributed by atoms with Crippen molar-refractivity contribution in [3.8, 4) is 0 Å². The Morgan fingerprint density at radius 2 is 1.50 bits per heavy atom. The van der Waals surface area contributed by atoms with Crippen LogP contribution in [0, 0.1) is 6.20 Å². The minimum Gasteiger partial charge on any atom is -0.563 e. The summed E-state index contributed by atoms with van der Waals surface area (Å²) in [5.74, 6) is 0. The maximum absolute atomic E-state index is 3.41. The third kappa shape index (κ3) is 24.2. The number of nitrogens with one attached hydrogen (secondary N) is 1. The van der Waals surface area contributed by atoms with Crippen molar-refractivity contribution in [1.82, 2.24) is 5.32 Å². The van der Waals surface area contributed by atoms with Crippen molar-refractivity contribution in [2.24, 2.45) is 0 Å². The summed E-state index contributed by atoms with van der Waals surface area (Å²) in [6.07, 6.45) is 2.61. The van der Waals surface area contributed by atoms with Crippen LogP contribution in [0.5, 0.6) is 0 Å². The van der Waals surface area contributed by atoms with Crippen molar-refractivity contribution >= 4 is 0 Å². The molecule has 1 N–H and O–H groups in total. The van der Waals surface area contributed by atoms with Crippen LogP contribution in [0.3, 0.4) is 0 Å². The molecule has 10 heavy (non-hydrogen) atoms. The van der Waals surface area contributed by atoms with E-state index in [1.54, 1.807) is 0 Å². The van der Waals surface area contributed by atoms with Gasteiger partial charge in [-0.1, -0.05) is 13.8 Å². The summed E-state index contributed by atoms with van der Waals surface area (Å²) in [5, 5.41) is 2.92. The first-order valence-electron chi connectivity index (χ1n) is 3.35. The summed E-state index contributed by atoms with van der Waals surface area (Å²) in [5.41, 5.74) is 0.127. The van der Waals surface area contributed by atoms with E-state index in [2.05, 4.69) is 38.9 Å². The van der Waals surface area contributed by atoms with E-state index in [1.165, 1.54) is 0 Å². The van der Waals surface area contributed by atoms with Crippen molar-refractivity contribution in [2.45, 2.75) is 40.2 Å². The molecular weight excluding hydrogens is 161 g/mol. The average Bonchev–Trinajstić information content (AvgIpc) is 1.69. The van der Waals surface area contributed by atoms with Crippen molar-refractivity contribution in [2.75, 3.05) is 0 Å². The predicted octanol–water partition coefficient (Wildman–Crippen LogP) is 2.34. The molecule has 0 aromatic rings. The van der Waals surface area contributed by atoms with Gasteiger partial charge in [0.15, 0.2) is 0 Å². The van der Waals surface area contributed by atoms with E-state index < -0.39 is 0 Å². The summed E-state index contributed by atoms with van der Waals surface area (Å²) in [6.45, 7) is 13.6. The molecule has 61 valence electrons. The zero-order valence-corrected chi connectivity index (χ0v) is 9.05. The molecule has 0 aromatic carbocycles. The van der Waals surface area contributed by atoms with Gasteiger partial charge in [-0.2, -0.15) is 0 Å². The molecule has 0 heterocycles. The van der Waals surface area contributed by atoms with Gasteiger partial charge >= 0.3 is 0 Å². The second-order valence-electron chi connectivity index (χ2n) is 2.55. The van der Waals surface area contributed by atoms with Crippen LogP contribution in [0.25, 0.3) is 0 Å². The van der Waals surface area contributed by atoms with Gasteiger partial charge in [0, 0.05) is 18.6 Å². The first-order valence-corrected chi connectivity index (χ1v) is 3.35. The second kappa shape index (κ2) is 9.12. The molecule has 2 heteroatoms. The molecule has 0 aliphatic carbocycles. The van der Waals surface area contributed by atoms with E-state index in [0.29, 0.717) is 0 Å². The van der Waals surface area contributed by atoms with Gasteiger partial charge in [-0.3, -0.25) is 6.58 Å². The molecule has 0 atom stereocenters. The Labute approximate surface area is 77.2 Å². The first-order chi connectivity index (χ1) is 4.06. The molecule has 0 rings (SSSR count). The molecule has 0 amide bonds. The minimum atomic E-state index is 0. The Morgan fingerprint density at radius 1 is 1.20 bits per heavy atom. The molecule has 0 aliphatic heterocycles. The monoisotopic (exact) mass is 179 g/mol. The normalized spacial score (nSPS) is 8.10. The van der Waals surface area contributed by atoms with Crippen LogP contribution in [-0.4, -0.2) is 5.54 Å². The Bertz CT molecular complexity index is 64.1. The third-order valence-electron chi connectivity index (χ3n) is 0.463. The molecule has 0 aliphatic rings. The fraction of sp³-hybridized carbons (Fsp3) is 0.750. The Balaban J connectivity index is -0.000000149. The molecule has 0 bridgehead atoms. The SMILES string of the molecule is C=[C-]NC(C)(C)C.CC.[V]. The fourth-order valence-electron chi connectivity index (χ4n) is 0.265. The van der Waals surface area contributed by atoms with Crippen LogP contribution in [0.2, 0.25) is 0 Å². The number of rotatable bonds is 1. The Hall–Kier alpha value is 0.124. The zero-order chi connectivity index (χ0) is 7.91.